The van der Waals surface area contributed by atoms with Crippen LogP contribution in [-0.4, -0.2) is 94.6 Å². The number of ether oxygens (including phenoxy) is 4. The van der Waals surface area contributed by atoms with Crippen LogP contribution in [0.1, 0.15) is 19.8 Å². The normalized spacial score (nSPS) is 45.1. The van der Waals surface area contributed by atoms with Gasteiger partial charge in [-0.1, -0.05) is 0 Å². The lowest BCUT2D eigenvalue weighted by Gasteiger charge is -2.42. The zero-order valence-corrected chi connectivity index (χ0v) is 13.0. The lowest BCUT2D eigenvalue weighted by molar-refractivity contribution is -0.320. The standard InChI is InChI=1S/C14H26O9/c1-2-20-11-4-8(18)14(10(6-16)22-11)23-12-3-7(17)13(19)9(5-15)21-12/h7-19H,2-6H2,1H3/t7-,8?,9?,10?,11+,12?,13?,14+/m1/s1. The van der Waals surface area contributed by atoms with E-state index in [0.29, 0.717) is 6.61 Å². The minimum Gasteiger partial charge on any atom is -0.394 e. The van der Waals surface area contributed by atoms with Crippen LogP contribution in [-0.2, 0) is 18.9 Å². The van der Waals surface area contributed by atoms with Crippen LogP contribution >= 0.6 is 0 Å². The number of hydrogen-bond donors (Lipinski definition) is 5. The van der Waals surface area contributed by atoms with E-state index >= 15 is 0 Å². The first kappa shape index (κ1) is 19.0. The lowest BCUT2D eigenvalue weighted by Crippen LogP contribution is -2.56. The summed E-state index contributed by atoms with van der Waals surface area (Å²) in [5, 5.41) is 48.3. The first-order valence-corrected chi connectivity index (χ1v) is 7.84. The molecule has 2 rings (SSSR count). The molecule has 5 N–H and O–H groups in total. The first-order valence-electron chi connectivity index (χ1n) is 7.84. The Morgan fingerprint density at radius 2 is 1.52 bits per heavy atom. The van der Waals surface area contributed by atoms with Crippen molar-refractivity contribution in [1.82, 2.24) is 0 Å². The molecule has 9 nitrogen and oxygen atoms in total. The second-order valence-corrected chi connectivity index (χ2v) is 5.73. The van der Waals surface area contributed by atoms with Crippen molar-refractivity contribution in [1.29, 1.82) is 0 Å². The average Bonchev–Trinajstić information content (AvgIpc) is 2.53. The molecule has 0 bridgehead atoms. The van der Waals surface area contributed by atoms with Crippen LogP contribution in [0.4, 0.5) is 0 Å². The van der Waals surface area contributed by atoms with Gasteiger partial charge in [0.2, 0.25) is 0 Å². The van der Waals surface area contributed by atoms with Gasteiger partial charge >= 0.3 is 0 Å². The van der Waals surface area contributed by atoms with Crippen LogP contribution in [0.2, 0.25) is 0 Å². The van der Waals surface area contributed by atoms with Crippen molar-refractivity contribution in [2.75, 3.05) is 19.8 Å². The zero-order chi connectivity index (χ0) is 17.0. The Kier molecular flexibility index (Phi) is 7.14. The molecule has 0 spiro atoms. The Bertz CT molecular complexity index is 355. The predicted molar refractivity (Wildman–Crippen MR) is 75.2 cm³/mol. The van der Waals surface area contributed by atoms with Crippen LogP contribution in [0.5, 0.6) is 0 Å². The molecule has 0 radical (unpaired) electrons. The van der Waals surface area contributed by atoms with E-state index in [-0.39, 0.29) is 19.4 Å². The van der Waals surface area contributed by atoms with Crippen molar-refractivity contribution < 1.29 is 44.5 Å². The molecule has 23 heavy (non-hydrogen) atoms. The summed E-state index contributed by atoms with van der Waals surface area (Å²) in [6, 6.07) is 0. The van der Waals surface area contributed by atoms with E-state index in [1.54, 1.807) is 6.92 Å². The van der Waals surface area contributed by atoms with Crippen LogP contribution in [0.25, 0.3) is 0 Å². The largest absolute Gasteiger partial charge is 0.394 e. The van der Waals surface area contributed by atoms with Crippen LogP contribution < -0.4 is 0 Å². The van der Waals surface area contributed by atoms with E-state index in [1.807, 2.05) is 0 Å². The average molecular weight is 338 g/mol. The minimum absolute atomic E-state index is 0.0199. The summed E-state index contributed by atoms with van der Waals surface area (Å²) in [6.45, 7) is 1.35. The molecular weight excluding hydrogens is 312 g/mol. The van der Waals surface area contributed by atoms with E-state index in [9.17, 15) is 20.4 Å². The van der Waals surface area contributed by atoms with Crippen molar-refractivity contribution in [2.24, 2.45) is 0 Å². The van der Waals surface area contributed by atoms with E-state index in [1.165, 1.54) is 0 Å². The van der Waals surface area contributed by atoms with E-state index in [0.717, 1.165) is 0 Å². The molecule has 0 aromatic rings. The van der Waals surface area contributed by atoms with Gasteiger partial charge in [-0.2, -0.15) is 0 Å². The van der Waals surface area contributed by atoms with Crippen LogP contribution in [0.15, 0.2) is 0 Å². The molecule has 2 heterocycles. The maximum atomic E-state index is 10.2. The fraction of sp³-hybridized carbons (Fsp3) is 1.00. The Morgan fingerprint density at radius 1 is 0.913 bits per heavy atom. The summed E-state index contributed by atoms with van der Waals surface area (Å²) in [7, 11) is 0. The zero-order valence-electron chi connectivity index (χ0n) is 13.0. The highest BCUT2D eigenvalue weighted by Gasteiger charge is 2.43. The van der Waals surface area contributed by atoms with E-state index < -0.39 is 55.8 Å². The third kappa shape index (κ3) is 4.59. The van der Waals surface area contributed by atoms with Crippen molar-refractivity contribution >= 4 is 0 Å². The van der Waals surface area contributed by atoms with Gasteiger partial charge in [-0.05, 0) is 6.92 Å². The second-order valence-electron chi connectivity index (χ2n) is 5.73. The fourth-order valence-corrected chi connectivity index (χ4v) is 2.85. The molecule has 0 aromatic heterocycles. The number of aliphatic hydroxyl groups excluding tert-OH is 5. The van der Waals surface area contributed by atoms with Gasteiger partial charge in [0, 0.05) is 19.4 Å². The van der Waals surface area contributed by atoms with E-state index in [4.69, 9.17) is 24.1 Å². The third-order valence-electron chi connectivity index (χ3n) is 4.06. The SMILES string of the molecule is CCO[C@@H]1CC(O)[C@H](OC2C[C@@H](O)C(O)C(CO)O2)C(CO)O1. The van der Waals surface area contributed by atoms with Gasteiger partial charge in [0.25, 0.3) is 0 Å². The molecular formula is C14H26O9. The van der Waals surface area contributed by atoms with Gasteiger partial charge in [-0.15, -0.1) is 0 Å². The van der Waals surface area contributed by atoms with Crippen molar-refractivity contribution in [2.45, 2.75) is 69.0 Å². The Morgan fingerprint density at radius 3 is 2.13 bits per heavy atom. The molecule has 136 valence electrons. The number of hydrogen-bond acceptors (Lipinski definition) is 9. The van der Waals surface area contributed by atoms with Crippen LogP contribution in [0, 0.1) is 0 Å². The Balaban J connectivity index is 1.97. The predicted octanol–water partition coefficient (Wildman–Crippen LogP) is -2.29. The molecule has 0 saturated carbocycles. The highest BCUT2D eigenvalue weighted by atomic mass is 16.7. The van der Waals surface area contributed by atoms with Crippen molar-refractivity contribution in [3.05, 3.63) is 0 Å². The Hall–Kier alpha value is -0.360. The molecule has 2 aliphatic heterocycles. The summed E-state index contributed by atoms with van der Waals surface area (Å²) in [5.41, 5.74) is 0. The van der Waals surface area contributed by atoms with Gasteiger partial charge in [0.1, 0.15) is 24.4 Å². The number of rotatable bonds is 6. The van der Waals surface area contributed by atoms with Crippen molar-refractivity contribution in [3.63, 3.8) is 0 Å². The molecule has 0 aliphatic carbocycles. The maximum Gasteiger partial charge on any atom is 0.161 e. The summed E-state index contributed by atoms with van der Waals surface area (Å²) >= 11 is 0. The monoisotopic (exact) mass is 338 g/mol. The smallest absolute Gasteiger partial charge is 0.161 e. The van der Waals surface area contributed by atoms with Gasteiger partial charge in [0.15, 0.2) is 12.6 Å². The second kappa shape index (κ2) is 8.65. The summed E-state index contributed by atoms with van der Waals surface area (Å²) in [4.78, 5) is 0. The topological polar surface area (TPSA) is 138 Å². The van der Waals surface area contributed by atoms with Crippen molar-refractivity contribution in [3.8, 4) is 0 Å². The molecule has 8 atom stereocenters. The summed E-state index contributed by atoms with van der Waals surface area (Å²) in [6.07, 6.45) is -7.33. The van der Waals surface area contributed by atoms with Gasteiger partial charge in [-0.3, -0.25) is 0 Å². The highest BCUT2D eigenvalue weighted by molar-refractivity contribution is 4.87. The molecule has 5 unspecified atom stereocenters. The summed E-state index contributed by atoms with van der Waals surface area (Å²) < 4.78 is 21.8. The summed E-state index contributed by atoms with van der Waals surface area (Å²) in [5.74, 6) is 0. The molecule has 2 fully saturated rings. The molecule has 0 aromatic carbocycles. The molecule has 2 saturated heterocycles. The van der Waals surface area contributed by atoms with Gasteiger partial charge in [0.05, 0.1) is 25.4 Å². The third-order valence-corrected chi connectivity index (χ3v) is 4.06. The van der Waals surface area contributed by atoms with Gasteiger partial charge in [-0.25, -0.2) is 0 Å². The molecule has 0 amide bonds. The highest BCUT2D eigenvalue weighted by Crippen LogP contribution is 2.28. The maximum absolute atomic E-state index is 10.2. The first-order chi connectivity index (χ1) is 11.0. The molecule has 2 aliphatic rings. The molecule has 9 heteroatoms. The van der Waals surface area contributed by atoms with Crippen LogP contribution in [0.3, 0.4) is 0 Å². The lowest BCUT2D eigenvalue weighted by atomic mass is 10.00. The number of aliphatic hydroxyl groups is 5. The Labute approximate surface area is 134 Å². The van der Waals surface area contributed by atoms with Gasteiger partial charge < -0.3 is 44.5 Å². The minimum atomic E-state index is -1.21. The fourth-order valence-electron chi connectivity index (χ4n) is 2.85. The van der Waals surface area contributed by atoms with E-state index in [2.05, 4.69) is 0 Å². The quantitative estimate of drug-likeness (QED) is 0.362.